The van der Waals surface area contributed by atoms with Crippen molar-refractivity contribution in [3.8, 4) is 17.5 Å². The van der Waals surface area contributed by atoms with E-state index in [1.807, 2.05) is 0 Å². The Morgan fingerprint density at radius 3 is 1.90 bits per heavy atom. The third-order valence-corrected chi connectivity index (χ3v) is 4.86. The molecule has 0 bridgehead atoms. The molecule has 8 nitrogen and oxygen atoms in total. The highest BCUT2D eigenvalue weighted by Gasteiger charge is 2.13. The van der Waals surface area contributed by atoms with Crippen LogP contribution in [0.15, 0.2) is 6.07 Å². The number of esters is 1. The largest absolute Gasteiger partial charge is 0.494 e. The van der Waals surface area contributed by atoms with Crippen LogP contribution in [0.1, 0.15) is 96.8 Å². The Morgan fingerprint density at radius 2 is 1.40 bits per heavy atom. The molecule has 0 spiro atoms. The van der Waals surface area contributed by atoms with Gasteiger partial charge in [-0.05, 0) is 6.42 Å². The van der Waals surface area contributed by atoms with E-state index in [1.54, 1.807) is 0 Å². The average molecular weight is 427 g/mol. The number of rotatable bonds is 18. The third-order valence-electron chi connectivity index (χ3n) is 4.86. The summed E-state index contributed by atoms with van der Waals surface area (Å²) in [6, 6.07) is 1.06. The van der Waals surface area contributed by atoms with Crippen LogP contribution >= 0.6 is 0 Å². The van der Waals surface area contributed by atoms with Gasteiger partial charge in [-0.1, -0.05) is 84.0 Å². The number of H-pyrrole nitrogens is 1. The number of hydrogen-bond donors (Lipinski definition) is 4. The second-order valence-corrected chi connectivity index (χ2v) is 7.63. The summed E-state index contributed by atoms with van der Waals surface area (Å²) < 4.78 is 4.80. The molecule has 4 N–H and O–H groups in total. The second kappa shape index (κ2) is 16.6. The van der Waals surface area contributed by atoms with Crippen molar-refractivity contribution >= 4 is 11.9 Å². The fourth-order valence-corrected chi connectivity index (χ4v) is 3.16. The van der Waals surface area contributed by atoms with Crippen molar-refractivity contribution < 1.29 is 29.4 Å². The molecule has 8 heteroatoms. The van der Waals surface area contributed by atoms with Crippen LogP contribution in [0.25, 0.3) is 0 Å². The fourth-order valence-electron chi connectivity index (χ4n) is 3.16. The van der Waals surface area contributed by atoms with Gasteiger partial charge in [0.1, 0.15) is 6.54 Å². The number of unbranched alkanes of at least 4 members (excludes halogenated alkanes) is 12. The lowest BCUT2D eigenvalue weighted by Gasteiger charge is -2.06. The molecule has 0 fully saturated rings. The first-order valence-corrected chi connectivity index (χ1v) is 11.3. The van der Waals surface area contributed by atoms with Gasteiger partial charge in [0.05, 0.1) is 0 Å². The molecule has 1 aromatic rings. The molecule has 0 aromatic carbocycles. The van der Waals surface area contributed by atoms with Crippen LogP contribution in [0.2, 0.25) is 0 Å². The second-order valence-electron chi connectivity index (χ2n) is 7.63. The van der Waals surface area contributed by atoms with Gasteiger partial charge in [-0.25, -0.2) is 0 Å². The molecule has 0 atom stereocenters. The van der Waals surface area contributed by atoms with Crippen LogP contribution in [0.5, 0.6) is 17.5 Å². The van der Waals surface area contributed by atoms with Crippen LogP contribution in [-0.4, -0.2) is 33.7 Å². The Bertz CT molecular complexity index is 602. The summed E-state index contributed by atoms with van der Waals surface area (Å²) in [6.45, 7) is 1.88. The maximum Gasteiger partial charge on any atom is 0.328 e. The molecule has 0 aliphatic carbocycles. The zero-order valence-corrected chi connectivity index (χ0v) is 18.2. The Labute approximate surface area is 179 Å². The SMILES string of the molecule is CCCCCCCCCCCCCCCC(=O)ONCC(=O)Oc1cc(O)[nH]c1O. The van der Waals surface area contributed by atoms with Gasteiger partial charge in [-0.15, -0.1) is 5.48 Å². The van der Waals surface area contributed by atoms with Crippen molar-refractivity contribution in [2.45, 2.75) is 96.8 Å². The van der Waals surface area contributed by atoms with Crippen LogP contribution in [-0.2, 0) is 14.4 Å². The molecule has 0 amide bonds. The van der Waals surface area contributed by atoms with Gasteiger partial charge in [-0.3, -0.25) is 14.6 Å². The lowest BCUT2D eigenvalue weighted by molar-refractivity contribution is -0.153. The topological polar surface area (TPSA) is 121 Å². The van der Waals surface area contributed by atoms with E-state index < -0.39 is 17.8 Å². The van der Waals surface area contributed by atoms with Crippen molar-refractivity contribution in [3.63, 3.8) is 0 Å². The Kier molecular flexibility index (Phi) is 14.3. The number of nitrogens with one attached hydrogen (secondary N) is 2. The minimum absolute atomic E-state index is 0.197. The predicted molar refractivity (Wildman–Crippen MR) is 114 cm³/mol. The number of hydrogen-bond acceptors (Lipinski definition) is 7. The lowest BCUT2D eigenvalue weighted by Crippen LogP contribution is -2.29. The number of carbonyl (C=O) groups is 2. The Balaban J connectivity index is 1.88. The lowest BCUT2D eigenvalue weighted by atomic mass is 10.0. The predicted octanol–water partition coefficient (Wildman–Crippen LogP) is 4.86. The first-order chi connectivity index (χ1) is 14.5. The number of aromatic hydroxyl groups is 2. The van der Waals surface area contributed by atoms with E-state index in [0.717, 1.165) is 25.3 Å². The summed E-state index contributed by atoms with van der Waals surface area (Å²) in [5.74, 6) is -2.17. The summed E-state index contributed by atoms with van der Waals surface area (Å²) in [5.41, 5.74) is 2.25. The minimum atomic E-state index is -0.766. The first kappa shape index (κ1) is 25.8. The van der Waals surface area contributed by atoms with Gasteiger partial charge in [0, 0.05) is 12.5 Å². The summed E-state index contributed by atoms with van der Waals surface area (Å²) in [5, 5.41) is 18.5. The van der Waals surface area contributed by atoms with E-state index in [-0.39, 0.29) is 18.2 Å². The molecular formula is C22H38N2O6. The molecule has 0 radical (unpaired) electrons. The van der Waals surface area contributed by atoms with Crippen LogP contribution in [0.4, 0.5) is 0 Å². The van der Waals surface area contributed by atoms with Crippen molar-refractivity contribution in [1.29, 1.82) is 0 Å². The maximum absolute atomic E-state index is 11.6. The van der Waals surface area contributed by atoms with Crippen molar-refractivity contribution in [2.24, 2.45) is 0 Å². The normalized spacial score (nSPS) is 10.8. The zero-order chi connectivity index (χ0) is 22.0. The number of aromatic amines is 1. The van der Waals surface area contributed by atoms with Gasteiger partial charge in [0.2, 0.25) is 5.88 Å². The van der Waals surface area contributed by atoms with E-state index in [0.29, 0.717) is 6.42 Å². The fraction of sp³-hybridized carbons (Fsp3) is 0.727. The highest BCUT2D eigenvalue weighted by atomic mass is 16.7. The molecule has 0 unspecified atom stereocenters. The van der Waals surface area contributed by atoms with Crippen LogP contribution in [0, 0.1) is 0 Å². The van der Waals surface area contributed by atoms with E-state index >= 15 is 0 Å². The number of carbonyl (C=O) groups excluding carboxylic acids is 2. The number of hydroxylamine groups is 1. The molecule has 1 rings (SSSR count). The van der Waals surface area contributed by atoms with E-state index in [4.69, 9.17) is 14.7 Å². The number of aromatic nitrogens is 1. The standard InChI is InChI=1S/C22H38N2O6/c1-2-3-4-5-6-7-8-9-10-11-12-13-14-15-20(26)30-23-17-21(27)29-18-16-19(25)24-22(18)28/h16,23-25,28H,2-15,17H2,1H3. The summed E-state index contributed by atoms with van der Waals surface area (Å²) in [6.07, 6.45) is 16.4. The monoisotopic (exact) mass is 426 g/mol. The molecule has 0 aliphatic rings. The quantitative estimate of drug-likeness (QED) is 0.150. The van der Waals surface area contributed by atoms with Gasteiger partial charge in [-0.2, -0.15) is 0 Å². The summed E-state index contributed by atoms with van der Waals surface area (Å²) in [7, 11) is 0. The molecule has 1 heterocycles. The van der Waals surface area contributed by atoms with Gasteiger partial charge >= 0.3 is 11.9 Å². The van der Waals surface area contributed by atoms with Crippen molar-refractivity contribution in [3.05, 3.63) is 6.07 Å². The Hall–Kier alpha value is -2.22. The first-order valence-electron chi connectivity index (χ1n) is 11.3. The Morgan fingerprint density at radius 1 is 0.867 bits per heavy atom. The van der Waals surface area contributed by atoms with Crippen LogP contribution < -0.4 is 10.2 Å². The maximum atomic E-state index is 11.6. The number of ether oxygens (including phenoxy) is 1. The van der Waals surface area contributed by atoms with Crippen LogP contribution in [0.3, 0.4) is 0 Å². The molecule has 0 aliphatic heterocycles. The summed E-state index contributed by atoms with van der Waals surface area (Å²) >= 11 is 0. The highest BCUT2D eigenvalue weighted by Crippen LogP contribution is 2.29. The van der Waals surface area contributed by atoms with Gasteiger partial charge < -0.3 is 19.8 Å². The van der Waals surface area contributed by atoms with Crippen molar-refractivity contribution in [2.75, 3.05) is 6.54 Å². The summed E-state index contributed by atoms with van der Waals surface area (Å²) in [4.78, 5) is 30.1. The van der Waals surface area contributed by atoms with E-state index in [2.05, 4.69) is 17.4 Å². The molecule has 0 saturated carbocycles. The molecule has 0 saturated heterocycles. The zero-order valence-electron chi connectivity index (χ0n) is 18.2. The van der Waals surface area contributed by atoms with E-state index in [1.165, 1.54) is 64.2 Å². The smallest absolute Gasteiger partial charge is 0.328 e. The van der Waals surface area contributed by atoms with Gasteiger partial charge in [0.15, 0.2) is 11.6 Å². The average Bonchev–Trinajstić information content (AvgIpc) is 3.02. The molecular weight excluding hydrogens is 388 g/mol. The third kappa shape index (κ3) is 13.1. The highest BCUT2D eigenvalue weighted by molar-refractivity contribution is 5.75. The van der Waals surface area contributed by atoms with E-state index in [9.17, 15) is 14.7 Å². The van der Waals surface area contributed by atoms with Gasteiger partial charge in [0.25, 0.3) is 0 Å². The molecule has 30 heavy (non-hydrogen) atoms. The minimum Gasteiger partial charge on any atom is -0.494 e. The van der Waals surface area contributed by atoms with Crippen molar-refractivity contribution in [1.82, 2.24) is 10.5 Å². The molecule has 1 aromatic heterocycles. The molecule has 172 valence electrons.